The molecule has 0 N–H and O–H groups in total. The molecule has 12 heavy (non-hydrogen) atoms. The summed E-state index contributed by atoms with van der Waals surface area (Å²) >= 11 is 0. The smallest absolute Gasteiger partial charge is 0.367 e. The molecule has 0 saturated heterocycles. The molecular weight excluding hydrogens is 160 g/mol. The summed E-state index contributed by atoms with van der Waals surface area (Å²) in [7, 11) is 0. The van der Waals surface area contributed by atoms with E-state index in [0.717, 1.165) is 0 Å². The van der Waals surface area contributed by atoms with Crippen molar-refractivity contribution in [2.24, 2.45) is 0 Å². The highest BCUT2D eigenvalue weighted by Crippen LogP contribution is 1.92. The van der Waals surface area contributed by atoms with Gasteiger partial charge in [-0.2, -0.15) is 4.89 Å². The van der Waals surface area contributed by atoms with Crippen LogP contribution in [0.15, 0.2) is 0 Å². The summed E-state index contributed by atoms with van der Waals surface area (Å²) in [5.41, 5.74) is 0. The molecule has 0 saturated carbocycles. The lowest BCUT2D eigenvalue weighted by Gasteiger charge is -2.07. The zero-order valence-electron chi connectivity index (χ0n) is 7.99. The first-order valence-corrected chi connectivity index (χ1v) is 4.00. The largest absolute Gasteiger partial charge is 0.367 e. The Balaban J connectivity index is 3.34. The van der Waals surface area contributed by atoms with Gasteiger partial charge >= 0.3 is 5.97 Å². The molecule has 0 amide bonds. The van der Waals surface area contributed by atoms with Gasteiger partial charge in [0.1, 0.15) is 6.61 Å². The van der Waals surface area contributed by atoms with Gasteiger partial charge in [0.25, 0.3) is 0 Å². The Kier molecular flexibility index (Phi) is 5.66. The normalized spacial score (nSPS) is 10.8. The van der Waals surface area contributed by atoms with E-state index in [4.69, 9.17) is 4.74 Å². The lowest BCUT2D eigenvalue weighted by molar-refractivity contribution is -0.294. The van der Waals surface area contributed by atoms with Gasteiger partial charge in [0.2, 0.25) is 0 Å². The van der Waals surface area contributed by atoms with Crippen molar-refractivity contribution in [2.75, 3.05) is 6.61 Å². The summed E-state index contributed by atoms with van der Waals surface area (Å²) < 4.78 is 4.98. The summed E-state index contributed by atoms with van der Waals surface area (Å²) in [5.74, 6) is -0.502. The third-order valence-electron chi connectivity index (χ3n) is 0.868. The van der Waals surface area contributed by atoms with Crippen molar-refractivity contribution >= 4 is 5.97 Å². The second-order valence-corrected chi connectivity index (χ2v) is 2.96. The quantitative estimate of drug-likeness (QED) is 0.467. The van der Waals surface area contributed by atoms with Crippen molar-refractivity contribution in [1.82, 2.24) is 0 Å². The predicted molar refractivity (Wildman–Crippen MR) is 43.4 cm³/mol. The lowest BCUT2D eigenvalue weighted by atomic mass is 10.5. The van der Waals surface area contributed by atoms with Gasteiger partial charge < -0.3 is 4.74 Å². The minimum atomic E-state index is -0.502. The molecule has 0 rings (SSSR count). The van der Waals surface area contributed by atoms with Crippen LogP contribution in [0.5, 0.6) is 0 Å². The number of hydrogen-bond donors (Lipinski definition) is 0. The topological polar surface area (TPSA) is 44.8 Å². The molecule has 0 heterocycles. The average Bonchev–Trinajstić information content (AvgIpc) is 1.96. The van der Waals surface area contributed by atoms with Crippen LogP contribution in [0.2, 0.25) is 0 Å². The summed E-state index contributed by atoms with van der Waals surface area (Å²) in [6, 6.07) is 0. The highest BCUT2D eigenvalue weighted by atomic mass is 17.2. The van der Waals surface area contributed by atoms with Crippen LogP contribution < -0.4 is 0 Å². The van der Waals surface area contributed by atoms with Gasteiger partial charge in [0, 0.05) is 0 Å². The second kappa shape index (κ2) is 5.97. The molecule has 0 fully saturated rings. The van der Waals surface area contributed by atoms with Crippen LogP contribution in [0.1, 0.15) is 27.7 Å². The molecule has 0 aromatic heterocycles. The molecule has 0 aliphatic rings. The molecule has 0 bridgehead atoms. The Morgan fingerprint density at radius 2 is 1.75 bits per heavy atom. The van der Waals surface area contributed by atoms with Gasteiger partial charge in [-0.25, -0.2) is 4.79 Å². The first-order chi connectivity index (χ1) is 5.52. The zero-order valence-corrected chi connectivity index (χ0v) is 7.99. The molecule has 72 valence electrons. The monoisotopic (exact) mass is 176 g/mol. The maximum atomic E-state index is 10.8. The van der Waals surface area contributed by atoms with E-state index < -0.39 is 5.97 Å². The summed E-state index contributed by atoms with van der Waals surface area (Å²) in [4.78, 5) is 19.8. The SMILES string of the molecule is CC(C)OCC(=O)OOC(C)C. The van der Waals surface area contributed by atoms with E-state index in [9.17, 15) is 4.79 Å². The van der Waals surface area contributed by atoms with Gasteiger partial charge in [-0.3, -0.25) is 4.89 Å². The van der Waals surface area contributed by atoms with Crippen LogP contribution in [-0.2, 0) is 19.3 Å². The molecule has 4 heteroatoms. The second-order valence-electron chi connectivity index (χ2n) is 2.96. The molecule has 0 spiro atoms. The molecule has 0 aliphatic carbocycles. The number of rotatable bonds is 5. The van der Waals surface area contributed by atoms with Crippen molar-refractivity contribution in [3.8, 4) is 0 Å². The molecule has 0 radical (unpaired) electrons. The number of carbonyl (C=O) groups excluding carboxylic acids is 1. The maximum Gasteiger partial charge on any atom is 0.367 e. The van der Waals surface area contributed by atoms with Crippen LogP contribution in [0.3, 0.4) is 0 Å². The molecule has 0 unspecified atom stereocenters. The maximum absolute atomic E-state index is 10.8. The zero-order chi connectivity index (χ0) is 9.56. The first kappa shape index (κ1) is 11.4. The average molecular weight is 176 g/mol. The van der Waals surface area contributed by atoms with Crippen molar-refractivity contribution in [3.63, 3.8) is 0 Å². The first-order valence-electron chi connectivity index (χ1n) is 4.00. The Bertz CT molecular complexity index is 117. The highest BCUT2D eigenvalue weighted by molar-refractivity contribution is 5.69. The minimum absolute atomic E-state index is 0.0246. The van der Waals surface area contributed by atoms with Crippen molar-refractivity contribution in [1.29, 1.82) is 0 Å². The van der Waals surface area contributed by atoms with E-state index in [1.807, 2.05) is 13.8 Å². The van der Waals surface area contributed by atoms with E-state index in [2.05, 4.69) is 9.78 Å². The van der Waals surface area contributed by atoms with Crippen molar-refractivity contribution in [2.45, 2.75) is 39.9 Å². The molecule has 0 aliphatic heterocycles. The molecule has 0 aromatic carbocycles. The van der Waals surface area contributed by atoms with Crippen molar-refractivity contribution in [3.05, 3.63) is 0 Å². The van der Waals surface area contributed by atoms with Gasteiger partial charge in [0.05, 0.1) is 12.2 Å². The Morgan fingerprint density at radius 3 is 2.17 bits per heavy atom. The summed E-state index contributed by atoms with van der Waals surface area (Å²) in [6.45, 7) is 7.17. The van der Waals surface area contributed by atoms with E-state index >= 15 is 0 Å². The standard InChI is InChI=1S/C8H16O4/c1-6(2)10-5-8(9)12-11-7(3)4/h6-7H,5H2,1-4H3. The van der Waals surface area contributed by atoms with E-state index in [-0.39, 0.29) is 18.8 Å². The fourth-order valence-electron chi connectivity index (χ4n) is 0.409. The minimum Gasteiger partial charge on any atom is -0.367 e. The number of ether oxygens (including phenoxy) is 1. The fraction of sp³-hybridized carbons (Fsp3) is 0.875. The molecule has 4 nitrogen and oxygen atoms in total. The lowest BCUT2D eigenvalue weighted by Crippen LogP contribution is -2.18. The van der Waals surface area contributed by atoms with Gasteiger partial charge in [-0.15, -0.1) is 0 Å². The van der Waals surface area contributed by atoms with Crippen LogP contribution in [-0.4, -0.2) is 24.8 Å². The van der Waals surface area contributed by atoms with E-state index in [0.29, 0.717) is 0 Å². The van der Waals surface area contributed by atoms with Gasteiger partial charge in [0.15, 0.2) is 0 Å². The van der Waals surface area contributed by atoms with Crippen LogP contribution in [0.25, 0.3) is 0 Å². The molecular formula is C8H16O4. The third-order valence-corrected chi connectivity index (χ3v) is 0.868. The Labute approximate surface area is 72.7 Å². The van der Waals surface area contributed by atoms with Crippen LogP contribution in [0, 0.1) is 0 Å². The van der Waals surface area contributed by atoms with Crippen LogP contribution >= 0.6 is 0 Å². The van der Waals surface area contributed by atoms with E-state index in [1.54, 1.807) is 13.8 Å². The summed E-state index contributed by atoms with van der Waals surface area (Å²) in [6.07, 6.45) is -0.0930. The summed E-state index contributed by atoms with van der Waals surface area (Å²) in [5, 5.41) is 0. The molecule has 0 atom stereocenters. The predicted octanol–water partition coefficient (Wildman–Crippen LogP) is 1.29. The third kappa shape index (κ3) is 7.50. The highest BCUT2D eigenvalue weighted by Gasteiger charge is 2.06. The fourth-order valence-corrected chi connectivity index (χ4v) is 0.409. The van der Waals surface area contributed by atoms with Crippen molar-refractivity contribution < 1.29 is 19.3 Å². The van der Waals surface area contributed by atoms with E-state index in [1.165, 1.54) is 0 Å². The Hall–Kier alpha value is -0.610. The number of carbonyl (C=O) groups is 1. The Morgan fingerprint density at radius 1 is 1.17 bits per heavy atom. The molecule has 0 aromatic rings. The van der Waals surface area contributed by atoms with Crippen LogP contribution in [0.4, 0.5) is 0 Å². The van der Waals surface area contributed by atoms with Gasteiger partial charge in [-0.05, 0) is 27.7 Å². The number of hydrogen-bond acceptors (Lipinski definition) is 4. The van der Waals surface area contributed by atoms with Gasteiger partial charge in [-0.1, -0.05) is 0 Å².